The minimum Gasteiger partial charge on any atom is -0.350 e. The van der Waals surface area contributed by atoms with Crippen LogP contribution in [0.3, 0.4) is 0 Å². The van der Waals surface area contributed by atoms with Gasteiger partial charge in [-0.25, -0.2) is 15.0 Å². The summed E-state index contributed by atoms with van der Waals surface area (Å²) in [7, 11) is 0. The number of pyridine rings is 1. The van der Waals surface area contributed by atoms with Gasteiger partial charge < -0.3 is 21.3 Å². The van der Waals surface area contributed by atoms with Crippen LogP contribution in [0.4, 0.5) is 23.1 Å². The second kappa shape index (κ2) is 9.77. The van der Waals surface area contributed by atoms with Crippen LogP contribution < -0.4 is 21.3 Å². The topological polar surface area (TPSA) is 104 Å². The molecule has 2 aromatic heterocycles. The highest BCUT2D eigenvalue weighted by Crippen LogP contribution is 2.26. The van der Waals surface area contributed by atoms with Gasteiger partial charge in [0.1, 0.15) is 23.3 Å². The molecule has 0 fully saturated rings. The zero-order valence-electron chi connectivity index (χ0n) is 20.5. The third kappa shape index (κ3) is 5.69. The van der Waals surface area contributed by atoms with E-state index >= 15 is 0 Å². The fraction of sp³-hybridized carbons (Fsp3) is 0.385. The molecular formula is C26H33N7O. The van der Waals surface area contributed by atoms with E-state index in [-0.39, 0.29) is 17.4 Å². The van der Waals surface area contributed by atoms with Gasteiger partial charge in [0, 0.05) is 29.9 Å². The molecule has 4 N–H and O–H groups in total. The number of rotatable bonds is 6. The van der Waals surface area contributed by atoms with Crippen LogP contribution in [0.15, 0.2) is 42.6 Å². The number of benzene rings is 1. The molecule has 1 aliphatic rings. The van der Waals surface area contributed by atoms with Gasteiger partial charge in [0.05, 0.1) is 5.56 Å². The molecule has 3 aromatic rings. The quantitative estimate of drug-likeness (QED) is 0.432. The second-order valence-corrected chi connectivity index (χ2v) is 9.90. The van der Waals surface area contributed by atoms with Gasteiger partial charge in [0.2, 0.25) is 0 Å². The Morgan fingerprint density at radius 2 is 1.79 bits per heavy atom. The van der Waals surface area contributed by atoms with E-state index in [4.69, 9.17) is 4.98 Å². The normalized spacial score (nSPS) is 13.4. The van der Waals surface area contributed by atoms with Gasteiger partial charge in [-0.2, -0.15) is 0 Å². The number of hydrogen-bond acceptors (Lipinski definition) is 7. The molecule has 0 saturated heterocycles. The lowest BCUT2D eigenvalue weighted by Crippen LogP contribution is -2.30. The van der Waals surface area contributed by atoms with Crippen molar-refractivity contribution in [3.63, 3.8) is 0 Å². The van der Waals surface area contributed by atoms with Crippen LogP contribution in [0.25, 0.3) is 0 Å². The summed E-state index contributed by atoms with van der Waals surface area (Å²) >= 11 is 0. The maximum Gasteiger partial charge on any atom is 0.255 e. The maximum absolute atomic E-state index is 12.9. The van der Waals surface area contributed by atoms with Crippen molar-refractivity contribution in [1.29, 1.82) is 0 Å². The lowest BCUT2D eigenvalue weighted by molar-refractivity contribution is 0.0943. The number of fused-ring (bicyclic) bond motifs is 1. The first kappa shape index (κ1) is 23.6. The van der Waals surface area contributed by atoms with Gasteiger partial charge >= 0.3 is 0 Å². The van der Waals surface area contributed by atoms with Gasteiger partial charge in [-0.05, 0) is 68.3 Å². The molecule has 178 valence electrons. The summed E-state index contributed by atoms with van der Waals surface area (Å²) in [5.74, 6) is 2.18. The van der Waals surface area contributed by atoms with Crippen molar-refractivity contribution < 1.29 is 4.79 Å². The minimum atomic E-state index is -0.200. The van der Waals surface area contributed by atoms with Crippen molar-refractivity contribution in [3.8, 4) is 0 Å². The van der Waals surface area contributed by atoms with Gasteiger partial charge in [-0.1, -0.05) is 26.8 Å². The van der Waals surface area contributed by atoms with Gasteiger partial charge in [-0.15, -0.1) is 0 Å². The molecule has 0 aliphatic carbocycles. The molecule has 0 atom stereocenters. The molecule has 1 amide bonds. The van der Waals surface area contributed by atoms with Crippen molar-refractivity contribution in [2.24, 2.45) is 0 Å². The van der Waals surface area contributed by atoms with Crippen LogP contribution in [0.1, 0.15) is 61.9 Å². The summed E-state index contributed by atoms with van der Waals surface area (Å²) in [6.07, 6.45) is 2.72. The van der Waals surface area contributed by atoms with Crippen molar-refractivity contribution in [1.82, 2.24) is 25.6 Å². The third-order valence-corrected chi connectivity index (χ3v) is 5.50. The molecule has 34 heavy (non-hydrogen) atoms. The number of carbonyl (C=O) groups is 1. The largest absolute Gasteiger partial charge is 0.350 e. The lowest BCUT2D eigenvalue weighted by Gasteiger charge is -2.19. The van der Waals surface area contributed by atoms with E-state index < -0.39 is 0 Å². The van der Waals surface area contributed by atoms with Gasteiger partial charge in [0.15, 0.2) is 0 Å². The third-order valence-electron chi connectivity index (χ3n) is 5.50. The van der Waals surface area contributed by atoms with E-state index in [9.17, 15) is 4.79 Å². The summed E-state index contributed by atoms with van der Waals surface area (Å²) in [4.78, 5) is 26.6. The number of amides is 1. The van der Waals surface area contributed by atoms with Gasteiger partial charge in [-0.3, -0.25) is 4.79 Å². The molecule has 8 nitrogen and oxygen atoms in total. The highest BCUT2D eigenvalue weighted by Gasteiger charge is 2.19. The molecule has 1 aliphatic heterocycles. The van der Waals surface area contributed by atoms with Crippen LogP contribution in [0, 0.1) is 0 Å². The number of aromatic nitrogens is 3. The molecule has 0 unspecified atom stereocenters. The maximum atomic E-state index is 12.9. The van der Waals surface area contributed by atoms with Crippen LogP contribution >= 0.6 is 0 Å². The predicted octanol–water partition coefficient (Wildman–Crippen LogP) is 4.44. The van der Waals surface area contributed by atoms with Crippen LogP contribution in [-0.4, -0.2) is 33.4 Å². The second-order valence-electron chi connectivity index (χ2n) is 9.90. The Kier molecular flexibility index (Phi) is 6.79. The first-order valence-corrected chi connectivity index (χ1v) is 11.7. The molecular weight excluding hydrogens is 426 g/mol. The Labute approximate surface area is 201 Å². The van der Waals surface area contributed by atoms with E-state index in [1.54, 1.807) is 18.3 Å². The number of nitrogens with one attached hydrogen (secondary N) is 4. The summed E-state index contributed by atoms with van der Waals surface area (Å²) in [5.41, 5.74) is 3.88. The van der Waals surface area contributed by atoms with Crippen molar-refractivity contribution in [2.75, 3.05) is 17.2 Å². The summed E-state index contributed by atoms with van der Waals surface area (Å²) in [5, 5.41) is 13.0. The molecule has 8 heteroatoms. The predicted molar refractivity (Wildman–Crippen MR) is 136 cm³/mol. The number of hydrogen-bond donors (Lipinski definition) is 4. The van der Waals surface area contributed by atoms with Crippen molar-refractivity contribution in [2.45, 2.75) is 59.0 Å². The van der Waals surface area contributed by atoms with Crippen LogP contribution in [0.5, 0.6) is 0 Å². The molecule has 0 spiro atoms. The van der Waals surface area contributed by atoms with Crippen LogP contribution in [0.2, 0.25) is 0 Å². The van der Waals surface area contributed by atoms with E-state index in [1.165, 1.54) is 11.1 Å². The number of nitrogens with zero attached hydrogens (tertiary/aromatic N) is 3. The Bertz CT molecular complexity index is 1180. The standard InChI is InChI=1S/C26H33N7O/c1-16(2)29-24(34)20-8-9-21(30-19-7-6-18-15-27-12-10-17(18)14-19)31-23(20)32-22-11-13-28-25(33-22)26(3,4)5/h6-9,11,13-14,16,27H,10,12,15H2,1-5H3,(H,29,34)(H2,28,30,31,32,33). The average Bonchev–Trinajstić information content (AvgIpc) is 2.78. The Hall–Kier alpha value is -3.52. The Balaban J connectivity index is 1.65. The van der Waals surface area contributed by atoms with Crippen molar-refractivity contribution >= 4 is 29.0 Å². The van der Waals surface area contributed by atoms with Crippen LogP contribution in [-0.2, 0) is 18.4 Å². The summed E-state index contributed by atoms with van der Waals surface area (Å²) < 4.78 is 0. The molecule has 0 bridgehead atoms. The molecule has 3 heterocycles. The fourth-order valence-corrected chi connectivity index (χ4v) is 3.76. The molecule has 0 radical (unpaired) electrons. The zero-order valence-corrected chi connectivity index (χ0v) is 20.5. The summed E-state index contributed by atoms with van der Waals surface area (Å²) in [6.45, 7) is 11.9. The monoisotopic (exact) mass is 459 g/mol. The first-order valence-electron chi connectivity index (χ1n) is 11.7. The van der Waals surface area contributed by atoms with E-state index in [2.05, 4.69) is 70.2 Å². The smallest absolute Gasteiger partial charge is 0.255 e. The number of carbonyl (C=O) groups excluding carboxylic acids is 1. The summed E-state index contributed by atoms with van der Waals surface area (Å²) in [6, 6.07) is 11.8. The fourth-order valence-electron chi connectivity index (χ4n) is 3.76. The highest BCUT2D eigenvalue weighted by atomic mass is 16.1. The molecule has 1 aromatic carbocycles. The SMILES string of the molecule is CC(C)NC(=O)c1ccc(Nc2ccc3c(c2)CCNC3)nc1Nc1ccnc(C(C)(C)C)n1. The lowest BCUT2D eigenvalue weighted by atomic mass is 9.96. The Morgan fingerprint density at radius 1 is 1.00 bits per heavy atom. The van der Waals surface area contributed by atoms with E-state index in [0.717, 1.165) is 25.2 Å². The van der Waals surface area contributed by atoms with E-state index in [1.807, 2.05) is 19.9 Å². The van der Waals surface area contributed by atoms with Gasteiger partial charge in [0.25, 0.3) is 5.91 Å². The highest BCUT2D eigenvalue weighted by molar-refractivity contribution is 5.99. The molecule has 4 rings (SSSR count). The first-order chi connectivity index (χ1) is 16.2. The number of anilines is 4. The average molecular weight is 460 g/mol. The van der Waals surface area contributed by atoms with Crippen molar-refractivity contribution in [3.05, 3.63) is 65.1 Å². The molecule has 0 saturated carbocycles. The zero-order chi connectivity index (χ0) is 24.3. The Morgan fingerprint density at radius 3 is 2.56 bits per heavy atom. The minimum absolute atomic E-state index is 0.00896. The van der Waals surface area contributed by atoms with E-state index in [0.29, 0.717) is 28.8 Å².